The number of anilines is 1. The number of nitrogens with zero attached hydrogens (tertiary/aromatic N) is 1. The molecule has 0 aromatic carbocycles. The zero-order chi connectivity index (χ0) is 10.8. The van der Waals surface area contributed by atoms with Gasteiger partial charge in [-0.1, -0.05) is 6.08 Å². The van der Waals surface area contributed by atoms with Crippen molar-refractivity contribution >= 4 is 16.5 Å². The normalized spacial score (nSPS) is 20.2. The Kier molecular flexibility index (Phi) is 2.88. The second kappa shape index (κ2) is 4.16. The molecular formula is C11H14N2OS. The molecule has 1 unspecified atom stereocenters. The van der Waals surface area contributed by atoms with Crippen LogP contribution in [0.25, 0.3) is 0 Å². The fourth-order valence-electron chi connectivity index (χ4n) is 1.40. The van der Waals surface area contributed by atoms with E-state index in [4.69, 9.17) is 0 Å². The Morgan fingerprint density at radius 3 is 2.93 bits per heavy atom. The molecule has 0 saturated carbocycles. The average molecular weight is 222 g/mol. The van der Waals surface area contributed by atoms with Crippen LogP contribution in [-0.2, 0) is 0 Å². The quantitative estimate of drug-likeness (QED) is 0.807. The van der Waals surface area contributed by atoms with Gasteiger partial charge in [0.1, 0.15) is 0 Å². The maximum absolute atomic E-state index is 9.43. The Morgan fingerprint density at radius 2 is 2.33 bits per heavy atom. The molecule has 0 radical (unpaired) electrons. The van der Waals surface area contributed by atoms with Crippen LogP contribution in [0.3, 0.4) is 0 Å². The molecule has 1 aromatic heterocycles. The van der Waals surface area contributed by atoms with Crippen LogP contribution in [0.4, 0.5) is 5.13 Å². The predicted molar refractivity (Wildman–Crippen MR) is 63.1 cm³/mol. The van der Waals surface area contributed by atoms with Gasteiger partial charge in [-0.25, -0.2) is 4.98 Å². The van der Waals surface area contributed by atoms with Crippen LogP contribution in [0.15, 0.2) is 23.9 Å². The van der Waals surface area contributed by atoms with Crippen molar-refractivity contribution in [1.29, 1.82) is 0 Å². The summed E-state index contributed by atoms with van der Waals surface area (Å²) in [6.07, 6.45) is 6.06. The van der Waals surface area contributed by atoms with Gasteiger partial charge >= 0.3 is 0 Å². The number of hydrogen-bond donors (Lipinski definition) is 2. The zero-order valence-corrected chi connectivity index (χ0v) is 9.64. The molecular weight excluding hydrogens is 208 g/mol. The van der Waals surface area contributed by atoms with Gasteiger partial charge < -0.3 is 10.4 Å². The second-order valence-corrected chi connectivity index (χ2v) is 4.82. The molecule has 0 aliphatic heterocycles. The van der Waals surface area contributed by atoms with Crippen molar-refractivity contribution in [2.75, 3.05) is 5.32 Å². The van der Waals surface area contributed by atoms with Crippen LogP contribution >= 0.6 is 11.3 Å². The fourth-order valence-corrected chi connectivity index (χ4v) is 2.23. The molecule has 1 aliphatic rings. The van der Waals surface area contributed by atoms with Gasteiger partial charge in [0.05, 0.1) is 11.8 Å². The third-order valence-electron chi connectivity index (χ3n) is 2.33. The lowest BCUT2D eigenvalue weighted by Gasteiger charge is -2.11. The monoisotopic (exact) mass is 222 g/mol. The predicted octanol–water partition coefficient (Wildman–Crippen LogP) is 2.38. The SMILES string of the molecule is Cc1nc(NC2=CC(O)CC=C2)sc1C. The summed E-state index contributed by atoms with van der Waals surface area (Å²) in [4.78, 5) is 5.60. The molecule has 0 amide bonds. The Morgan fingerprint density at radius 1 is 1.53 bits per heavy atom. The highest BCUT2D eigenvalue weighted by atomic mass is 32.1. The molecule has 2 rings (SSSR count). The van der Waals surface area contributed by atoms with Crippen LogP contribution in [0.5, 0.6) is 0 Å². The Bertz CT molecular complexity index is 401. The number of allylic oxidation sites excluding steroid dienone is 1. The summed E-state index contributed by atoms with van der Waals surface area (Å²) < 4.78 is 0. The minimum atomic E-state index is -0.375. The van der Waals surface area contributed by atoms with Crippen LogP contribution in [0.1, 0.15) is 17.0 Å². The van der Waals surface area contributed by atoms with Gasteiger partial charge in [-0.3, -0.25) is 0 Å². The molecule has 0 fully saturated rings. The first-order chi connectivity index (χ1) is 7.15. The van der Waals surface area contributed by atoms with E-state index < -0.39 is 0 Å². The number of rotatable bonds is 2. The lowest BCUT2D eigenvalue weighted by Crippen LogP contribution is -2.09. The van der Waals surface area contributed by atoms with Gasteiger partial charge in [0.15, 0.2) is 5.13 Å². The summed E-state index contributed by atoms with van der Waals surface area (Å²) >= 11 is 1.63. The van der Waals surface area contributed by atoms with E-state index in [0.717, 1.165) is 16.5 Å². The highest BCUT2D eigenvalue weighted by Crippen LogP contribution is 2.23. The first kappa shape index (κ1) is 10.4. The number of hydrogen-bond acceptors (Lipinski definition) is 4. The first-order valence-corrected chi connectivity index (χ1v) is 5.74. The Labute approximate surface area is 93.2 Å². The maximum Gasteiger partial charge on any atom is 0.187 e. The summed E-state index contributed by atoms with van der Waals surface area (Å²) in [6, 6.07) is 0. The van der Waals surface area contributed by atoms with E-state index in [1.165, 1.54) is 4.88 Å². The third-order valence-corrected chi connectivity index (χ3v) is 3.32. The van der Waals surface area contributed by atoms with E-state index in [2.05, 4.69) is 17.2 Å². The number of aryl methyl sites for hydroxylation is 2. The summed E-state index contributed by atoms with van der Waals surface area (Å²) in [6.45, 7) is 4.05. The van der Waals surface area contributed by atoms with E-state index in [0.29, 0.717) is 6.42 Å². The summed E-state index contributed by atoms with van der Waals surface area (Å²) in [7, 11) is 0. The van der Waals surface area contributed by atoms with Crippen molar-refractivity contribution in [3.05, 3.63) is 34.5 Å². The molecule has 0 bridgehead atoms. The van der Waals surface area contributed by atoms with Crippen LogP contribution in [0.2, 0.25) is 0 Å². The number of aromatic nitrogens is 1. The lowest BCUT2D eigenvalue weighted by atomic mass is 10.1. The van der Waals surface area contributed by atoms with Crippen LogP contribution in [-0.4, -0.2) is 16.2 Å². The molecule has 4 heteroatoms. The first-order valence-electron chi connectivity index (χ1n) is 4.92. The molecule has 2 N–H and O–H groups in total. The summed E-state index contributed by atoms with van der Waals surface area (Å²) in [5, 5.41) is 13.5. The van der Waals surface area contributed by atoms with Gasteiger partial charge in [-0.2, -0.15) is 0 Å². The molecule has 1 heterocycles. The molecule has 0 spiro atoms. The van der Waals surface area contributed by atoms with Gasteiger partial charge in [0.2, 0.25) is 0 Å². The van der Waals surface area contributed by atoms with Crippen LogP contribution < -0.4 is 5.32 Å². The fraction of sp³-hybridized carbons (Fsp3) is 0.364. The zero-order valence-electron chi connectivity index (χ0n) is 8.82. The summed E-state index contributed by atoms with van der Waals surface area (Å²) in [5.41, 5.74) is 1.98. The lowest BCUT2D eigenvalue weighted by molar-refractivity contribution is 0.225. The molecule has 1 aliphatic carbocycles. The number of aliphatic hydroxyl groups is 1. The summed E-state index contributed by atoms with van der Waals surface area (Å²) in [5.74, 6) is 0. The standard InChI is InChI=1S/C11H14N2OS/c1-7-8(2)15-11(12-7)13-9-4-3-5-10(14)6-9/h3-4,6,10,14H,5H2,1-2H3,(H,12,13). The van der Waals surface area contributed by atoms with Crippen molar-refractivity contribution in [3.63, 3.8) is 0 Å². The Balaban J connectivity index is 2.12. The average Bonchev–Trinajstić information content (AvgIpc) is 2.45. The third kappa shape index (κ3) is 2.46. The van der Waals surface area contributed by atoms with Crippen molar-refractivity contribution in [2.45, 2.75) is 26.4 Å². The highest BCUT2D eigenvalue weighted by Gasteiger charge is 2.08. The number of aliphatic hydroxyl groups excluding tert-OH is 1. The van der Waals surface area contributed by atoms with E-state index in [9.17, 15) is 5.11 Å². The van der Waals surface area contributed by atoms with E-state index in [1.807, 2.05) is 25.2 Å². The number of nitrogens with one attached hydrogen (secondary N) is 1. The molecule has 1 aromatic rings. The molecule has 3 nitrogen and oxygen atoms in total. The van der Waals surface area contributed by atoms with Crippen LogP contribution in [0, 0.1) is 13.8 Å². The molecule has 0 saturated heterocycles. The van der Waals surface area contributed by atoms with Gasteiger partial charge in [-0.05, 0) is 32.4 Å². The molecule has 80 valence electrons. The Hall–Kier alpha value is -1.13. The smallest absolute Gasteiger partial charge is 0.187 e. The van der Waals surface area contributed by atoms with Crippen molar-refractivity contribution in [2.24, 2.45) is 0 Å². The second-order valence-electron chi connectivity index (χ2n) is 3.61. The van der Waals surface area contributed by atoms with E-state index in [-0.39, 0.29) is 6.10 Å². The topological polar surface area (TPSA) is 45.2 Å². The van der Waals surface area contributed by atoms with E-state index >= 15 is 0 Å². The molecule has 15 heavy (non-hydrogen) atoms. The van der Waals surface area contributed by atoms with E-state index in [1.54, 1.807) is 11.3 Å². The number of thiazole rings is 1. The van der Waals surface area contributed by atoms with Gasteiger partial charge in [0, 0.05) is 10.6 Å². The van der Waals surface area contributed by atoms with Crippen molar-refractivity contribution in [1.82, 2.24) is 4.98 Å². The van der Waals surface area contributed by atoms with Crippen molar-refractivity contribution < 1.29 is 5.11 Å². The van der Waals surface area contributed by atoms with Gasteiger partial charge in [-0.15, -0.1) is 11.3 Å². The molecule has 1 atom stereocenters. The minimum absolute atomic E-state index is 0.375. The highest BCUT2D eigenvalue weighted by molar-refractivity contribution is 7.15. The minimum Gasteiger partial charge on any atom is -0.389 e. The largest absolute Gasteiger partial charge is 0.389 e. The van der Waals surface area contributed by atoms with Gasteiger partial charge in [0.25, 0.3) is 0 Å². The van der Waals surface area contributed by atoms with Crippen molar-refractivity contribution in [3.8, 4) is 0 Å². The maximum atomic E-state index is 9.43.